The van der Waals surface area contributed by atoms with Crippen LogP contribution in [-0.4, -0.2) is 14.7 Å². The molecule has 0 aliphatic heterocycles. The van der Waals surface area contributed by atoms with Crippen molar-refractivity contribution in [1.82, 2.24) is 9.55 Å². The Morgan fingerprint density at radius 1 is 1.18 bits per heavy atom. The fourth-order valence-corrected chi connectivity index (χ4v) is 2.68. The van der Waals surface area contributed by atoms with Crippen molar-refractivity contribution in [2.24, 2.45) is 10.8 Å². The van der Waals surface area contributed by atoms with Gasteiger partial charge in [0, 0.05) is 0 Å². The summed E-state index contributed by atoms with van der Waals surface area (Å²) in [6.45, 7) is 9.69. The highest BCUT2D eigenvalue weighted by Gasteiger charge is 2.67. The third-order valence-electron chi connectivity index (χ3n) is 4.55. The van der Waals surface area contributed by atoms with Crippen LogP contribution < -0.4 is 11.2 Å². The molecule has 0 radical (unpaired) electrons. The summed E-state index contributed by atoms with van der Waals surface area (Å²) in [6, 6.07) is -0.0990. The van der Waals surface area contributed by atoms with E-state index < -0.39 is 11.2 Å². The number of rotatable bonds is 1. The highest BCUT2D eigenvalue weighted by Crippen LogP contribution is 2.71. The maximum Gasteiger partial charge on any atom is 0.331 e. The molecule has 0 saturated heterocycles. The normalized spacial score (nSPS) is 21.5. The van der Waals surface area contributed by atoms with Crippen molar-refractivity contribution in [3.63, 3.8) is 0 Å². The third-order valence-corrected chi connectivity index (χ3v) is 4.55. The molecule has 17 heavy (non-hydrogen) atoms. The number of hydrogen-bond donors (Lipinski definition) is 2. The van der Waals surface area contributed by atoms with Crippen molar-refractivity contribution >= 4 is 0 Å². The number of aromatic nitrogens is 2. The molecule has 1 aromatic rings. The molecular formula is C12H18N2O3. The highest BCUT2D eigenvalue weighted by atomic mass is 16.3. The van der Waals surface area contributed by atoms with Crippen molar-refractivity contribution < 1.29 is 5.11 Å². The van der Waals surface area contributed by atoms with Gasteiger partial charge in [0.1, 0.15) is 0 Å². The maximum absolute atomic E-state index is 11.8. The van der Waals surface area contributed by atoms with E-state index in [1.54, 1.807) is 0 Å². The largest absolute Gasteiger partial charge is 0.494 e. The Morgan fingerprint density at radius 2 is 1.65 bits per heavy atom. The second kappa shape index (κ2) is 3.03. The molecule has 1 aliphatic rings. The Bertz CT molecular complexity index is 579. The molecule has 0 amide bonds. The zero-order chi connectivity index (χ0) is 13.2. The van der Waals surface area contributed by atoms with E-state index in [9.17, 15) is 14.7 Å². The summed E-state index contributed by atoms with van der Waals surface area (Å²) >= 11 is 0. The predicted octanol–water partition coefficient (Wildman–Crippen LogP) is 1.16. The van der Waals surface area contributed by atoms with Crippen molar-refractivity contribution in [3.05, 3.63) is 26.4 Å². The number of aromatic hydroxyl groups is 1. The van der Waals surface area contributed by atoms with Crippen LogP contribution in [-0.2, 0) is 0 Å². The van der Waals surface area contributed by atoms with Crippen LogP contribution in [0.25, 0.3) is 0 Å². The third kappa shape index (κ3) is 1.31. The first-order valence-corrected chi connectivity index (χ1v) is 5.66. The van der Waals surface area contributed by atoms with Gasteiger partial charge in [0.15, 0.2) is 0 Å². The monoisotopic (exact) mass is 238 g/mol. The van der Waals surface area contributed by atoms with Gasteiger partial charge in [-0.3, -0.25) is 14.3 Å². The van der Waals surface area contributed by atoms with Crippen LogP contribution in [0.5, 0.6) is 5.88 Å². The van der Waals surface area contributed by atoms with Crippen LogP contribution in [0.4, 0.5) is 0 Å². The Balaban J connectivity index is 2.69. The van der Waals surface area contributed by atoms with Crippen LogP contribution in [0, 0.1) is 17.8 Å². The SMILES string of the molecule is Cc1c(O)n(C2C(C)(C)C2(C)C)c(=O)[nH]c1=O. The molecule has 0 bridgehead atoms. The topological polar surface area (TPSA) is 75.1 Å². The first kappa shape index (κ1) is 12.0. The summed E-state index contributed by atoms with van der Waals surface area (Å²) < 4.78 is 1.30. The second-order valence-electron chi connectivity index (χ2n) is 5.92. The van der Waals surface area contributed by atoms with Gasteiger partial charge in [-0.2, -0.15) is 0 Å². The van der Waals surface area contributed by atoms with Crippen LogP contribution in [0.2, 0.25) is 0 Å². The van der Waals surface area contributed by atoms with Crippen LogP contribution in [0.1, 0.15) is 39.3 Å². The fraction of sp³-hybridized carbons (Fsp3) is 0.667. The molecule has 2 rings (SSSR count). The van der Waals surface area contributed by atoms with Gasteiger partial charge in [-0.05, 0) is 17.8 Å². The highest BCUT2D eigenvalue weighted by molar-refractivity contribution is 5.27. The second-order valence-corrected chi connectivity index (χ2v) is 5.92. The molecular weight excluding hydrogens is 220 g/mol. The molecule has 0 unspecified atom stereocenters. The van der Waals surface area contributed by atoms with Gasteiger partial charge in [0.2, 0.25) is 5.88 Å². The molecule has 1 heterocycles. The van der Waals surface area contributed by atoms with Gasteiger partial charge in [-0.1, -0.05) is 27.7 Å². The van der Waals surface area contributed by atoms with Crippen molar-refractivity contribution in [2.75, 3.05) is 0 Å². The molecule has 0 atom stereocenters. The van der Waals surface area contributed by atoms with Crippen LogP contribution in [0.3, 0.4) is 0 Å². The Labute approximate surface area is 99.1 Å². The number of nitrogens with zero attached hydrogens (tertiary/aromatic N) is 1. The molecule has 5 nitrogen and oxygen atoms in total. The van der Waals surface area contributed by atoms with Gasteiger partial charge in [-0.15, -0.1) is 0 Å². The van der Waals surface area contributed by atoms with E-state index >= 15 is 0 Å². The summed E-state index contributed by atoms with van der Waals surface area (Å²) in [6.07, 6.45) is 0. The smallest absolute Gasteiger partial charge is 0.331 e. The fourth-order valence-electron chi connectivity index (χ4n) is 2.68. The minimum absolute atomic E-state index is 0.0843. The summed E-state index contributed by atoms with van der Waals surface area (Å²) in [7, 11) is 0. The summed E-state index contributed by atoms with van der Waals surface area (Å²) in [5, 5.41) is 9.98. The molecule has 5 heteroatoms. The number of H-pyrrole nitrogens is 1. The average molecular weight is 238 g/mol. The molecule has 2 N–H and O–H groups in total. The molecule has 0 aromatic carbocycles. The molecule has 1 saturated carbocycles. The van der Waals surface area contributed by atoms with Gasteiger partial charge in [0.25, 0.3) is 5.56 Å². The van der Waals surface area contributed by atoms with Gasteiger partial charge in [0.05, 0.1) is 11.6 Å². The van der Waals surface area contributed by atoms with E-state index in [1.807, 2.05) is 27.7 Å². The van der Waals surface area contributed by atoms with Gasteiger partial charge < -0.3 is 5.11 Å². The molecule has 94 valence electrons. The zero-order valence-electron chi connectivity index (χ0n) is 10.8. The zero-order valence-corrected chi connectivity index (χ0v) is 10.8. The minimum atomic E-state index is -0.540. The molecule has 1 fully saturated rings. The average Bonchev–Trinajstić information content (AvgIpc) is 2.58. The minimum Gasteiger partial charge on any atom is -0.494 e. The predicted molar refractivity (Wildman–Crippen MR) is 64.3 cm³/mol. The number of nitrogens with one attached hydrogen (secondary N) is 1. The Hall–Kier alpha value is -1.52. The Kier molecular flexibility index (Phi) is 2.13. The summed E-state index contributed by atoms with van der Waals surface area (Å²) in [5.74, 6) is -0.220. The molecule has 1 aromatic heterocycles. The van der Waals surface area contributed by atoms with E-state index in [-0.39, 0.29) is 28.3 Å². The summed E-state index contributed by atoms with van der Waals surface area (Å²) in [4.78, 5) is 25.4. The Morgan fingerprint density at radius 3 is 2.06 bits per heavy atom. The number of hydrogen-bond acceptors (Lipinski definition) is 3. The van der Waals surface area contributed by atoms with E-state index in [2.05, 4.69) is 4.98 Å². The standard InChI is InChI=1S/C12H18N2O3/c1-6-7(15)13-10(17)14(8(6)16)9-11(2,3)12(9,4)5/h9,16H,1-5H3,(H,13,15,17). The number of aromatic amines is 1. The summed E-state index contributed by atoms with van der Waals surface area (Å²) in [5.41, 5.74) is -1.05. The lowest BCUT2D eigenvalue weighted by Gasteiger charge is -2.11. The van der Waals surface area contributed by atoms with Crippen LogP contribution in [0.15, 0.2) is 9.59 Å². The lowest BCUT2D eigenvalue weighted by molar-refractivity contribution is 0.376. The lowest BCUT2D eigenvalue weighted by atomic mass is 10.0. The van der Waals surface area contributed by atoms with Gasteiger partial charge >= 0.3 is 5.69 Å². The first-order valence-electron chi connectivity index (χ1n) is 5.66. The molecule has 0 spiro atoms. The quantitative estimate of drug-likeness (QED) is 0.770. The van der Waals surface area contributed by atoms with Crippen molar-refractivity contribution in [2.45, 2.75) is 40.7 Å². The van der Waals surface area contributed by atoms with E-state index in [4.69, 9.17) is 0 Å². The maximum atomic E-state index is 11.8. The van der Waals surface area contributed by atoms with E-state index in [1.165, 1.54) is 11.5 Å². The van der Waals surface area contributed by atoms with E-state index in [0.29, 0.717) is 0 Å². The van der Waals surface area contributed by atoms with E-state index in [0.717, 1.165) is 0 Å². The first-order chi connectivity index (χ1) is 7.62. The van der Waals surface area contributed by atoms with Crippen molar-refractivity contribution in [3.8, 4) is 5.88 Å². The van der Waals surface area contributed by atoms with Crippen molar-refractivity contribution in [1.29, 1.82) is 0 Å². The van der Waals surface area contributed by atoms with Gasteiger partial charge in [-0.25, -0.2) is 4.79 Å². The molecule has 1 aliphatic carbocycles. The lowest BCUT2D eigenvalue weighted by Crippen LogP contribution is -2.32. The van der Waals surface area contributed by atoms with Crippen LogP contribution >= 0.6 is 0 Å².